The molecule has 1 fully saturated rings. The third kappa shape index (κ3) is 10.3. The smallest absolute Gasteiger partial charge is 0.410 e. The Morgan fingerprint density at radius 2 is 1.47 bits per heavy atom. The Labute approximate surface area is 225 Å². The third-order valence-electron chi connectivity index (χ3n) is 5.81. The topological polar surface area (TPSA) is 112 Å². The van der Waals surface area contributed by atoms with Crippen LogP contribution in [0.4, 0.5) is 4.79 Å². The molecule has 10 heteroatoms. The summed E-state index contributed by atoms with van der Waals surface area (Å²) in [5.41, 5.74) is -0.731. The van der Waals surface area contributed by atoms with E-state index in [9.17, 15) is 19.2 Å². The average Bonchev–Trinajstić information content (AvgIpc) is 2.83. The fourth-order valence-electron chi connectivity index (χ4n) is 3.68. The fraction of sp³-hybridized carbons (Fsp3) is 0.643. The number of Topliss-reactive ketones (excluding diaryl/α,β-unsaturated/α-hetero) is 1. The monoisotopic (exact) mass is 534 g/mol. The molecule has 1 aliphatic heterocycles. The lowest BCUT2D eigenvalue weighted by atomic mass is 10.0. The van der Waals surface area contributed by atoms with Crippen molar-refractivity contribution >= 4 is 23.8 Å². The Hall–Kier alpha value is -3.14. The number of nitrogens with zero attached hydrogens (tertiary/aromatic N) is 2. The molecule has 2 amide bonds. The minimum Gasteiger partial charge on any atom is -0.482 e. The SMILES string of the molecule is C[C@@H](C(=O)c1ccc(OCC(=O)OC(C)(C)C)cc1)N(C)C(=O)COC1CCN(C(=O)OC(C)(C)C)CC1. The second-order valence-corrected chi connectivity index (χ2v) is 11.4. The predicted molar refractivity (Wildman–Crippen MR) is 141 cm³/mol. The Morgan fingerprint density at radius 3 is 2.00 bits per heavy atom. The molecule has 0 unspecified atom stereocenters. The van der Waals surface area contributed by atoms with Gasteiger partial charge in [-0.25, -0.2) is 9.59 Å². The van der Waals surface area contributed by atoms with Gasteiger partial charge in [0.05, 0.1) is 12.1 Å². The number of carbonyl (C=O) groups is 4. The molecule has 1 aliphatic rings. The quantitative estimate of drug-likeness (QED) is 0.347. The van der Waals surface area contributed by atoms with Crippen LogP contribution in [-0.4, -0.2) is 90.3 Å². The first-order valence-electron chi connectivity index (χ1n) is 12.9. The van der Waals surface area contributed by atoms with Crippen molar-refractivity contribution < 1.29 is 38.1 Å². The maximum Gasteiger partial charge on any atom is 0.410 e. The molecule has 10 nitrogen and oxygen atoms in total. The number of hydrogen-bond donors (Lipinski definition) is 0. The summed E-state index contributed by atoms with van der Waals surface area (Å²) >= 11 is 0. The van der Waals surface area contributed by atoms with Crippen molar-refractivity contribution in [3.05, 3.63) is 29.8 Å². The zero-order valence-corrected chi connectivity index (χ0v) is 23.9. The van der Waals surface area contributed by atoms with E-state index in [1.165, 1.54) is 4.90 Å². The molecule has 0 aromatic heterocycles. The number of hydrogen-bond acceptors (Lipinski definition) is 8. The first kappa shape index (κ1) is 31.1. The number of piperidine rings is 1. The highest BCUT2D eigenvalue weighted by molar-refractivity contribution is 6.01. The maximum absolute atomic E-state index is 12.9. The normalized spacial score (nSPS) is 15.4. The summed E-state index contributed by atoms with van der Waals surface area (Å²) < 4.78 is 21.8. The Kier molecular flexibility index (Phi) is 10.7. The van der Waals surface area contributed by atoms with Gasteiger partial charge in [0.25, 0.3) is 0 Å². The summed E-state index contributed by atoms with van der Waals surface area (Å²) in [6.07, 6.45) is 0.715. The minimum atomic E-state index is -0.700. The van der Waals surface area contributed by atoms with Gasteiger partial charge in [-0.2, -0.15) is 0 Å². The number of likely N-dealkylation sites (N-methyl/N-ethyl adjacent to an activating group) is 1. The summed E-state index contributed by atoms with van der Waals surface area (Å²) in [5, 5.41) is 0. The van der Waals surface area contributed by atoms with Gasteiger partial charge in [0.2, 0.25) is 5.91 Å². The van der Waals surface area contributed by atoms with Crippen LogP contribution in [0.3, 0.4) is 0 Å². The zero-order valence-electron chi connectivity index (χ0n) is 23.9. The van der Waals surface area contributed by atoms with Gasteiger partial charge in [-0.3, -0.25) is 9.59 Å². The van der Waals surface area contributed by atoms with Gasteiger partial charge in [0, 0.05) is 25.7 Å². The Balaban J connectivity index is 1.79. The van der Waals surface area contributed by atoms with E-state index in [1.807, 2.05) is 20.8 Å². The molecular weight excluding hydrogens is 492 g/mol. The fourth-order valence-corrected chi connectivity index (χ4v) is 3.68. The summed E-state index contributed by atoms with van der Waals surface area (Å²) in [7, 11) is 1.57. The Bertz CT molecular complexity index is 970. The van der Waals surface area contributed by atoms with E-state index in [-0.39, 0.29) is 37.1 Å². The summed E-state index contributed by atoms with van der Waals surface area (Å²) in [6.45, 7) is 13.1. The number of rotatable bonds is 9. The molecule has 1 aromatic rings. The molecular formula is C28H42N2O8. The van der Waals surface area contributed by atoms with Crippen molar-refractivity contribution in [1.29, 1.82) is 0 Å². The van der Waals surface area contributed by atoms with Crippen LogP contribution < -0.4 is 4.74 Å². The lowest BCUT2D eigenvalue weighted by Gasteiger charge is -2.33. The van der Waals surface area contributed by atoms with E-state index in [4.69, 9.17) is 18.9 Å². The van der Waals surface area contributed by atoms with Crippen molar-refractivity contribution in [2.24, 2.45) is 0 Å². The second kappa shape index (κ2) is 13.1. The second-order valence-electron chi connectivity index (χ2n) is 11.4. The van der Waals surface area contributed by atoms with Crippen LogP contribution in [0.2, 0.25) is 0 Å². The van der Waals surface area contributed by atoms with E-state index in [1.54, 1.807) is 63.9 Å². The van der Waals surface area contributed by atoms with E-state index in [0.717, 1.165) is 0 Å². The van der Waals surface area contributed by atoms with Gasteiger partial charge in [0.1, 0.15) is 23.6 Å². The number of ether oxygens (including phenoxy) is 4. The van der Waals surface area contributed by atoms with Gasteiger partial charge in [-0.05, 0) is 85.6 Å². The van der Waals surface area contributed by atoms with E-state index in [0.29, 0.717) is 37.2 Å². The zero-order chi connectivity index (χ0) is 28.7. The van der Waals surface area contributed by atoms with Crippen molar-refractivity contribution in [1.82, 2.24) is 9.80 Å². The molecule has 0 radical (unpaired) electrons. The van der Waals surface area contributed by atoms with Gasteiger partial charge in [-0.15, -0.1) is 0 Å². The maximum atomic E-state index is 12.9. The van der Waals surface area contributed by atoms with Crippen LogP contribution in [0.25, 0.3) is 0 Å². The van der Waals surface area contributed by atoms with E-state index < -0.39 is 23.2 Å². The van der Waals surface area contributed by atoms with Gasteiger partial charge in [0.15, 0.2) is 12.4 Å². The summed E-state index contributed by atoms with van der Waals surface area (Å²) in [5.74, 6) is -0.596. The molecule has 212 valence electrons. The van der Waals surface area contributed by atoms with E-state index >= 15 is 0 Å². The van der Waals surface area contributed by atoms with Crippen LogP contribution in [0.15, 0.2) is 24.3 Å². The average molecular weight is 535 g/mol. The van der Waals surface area contributed by atoms with Crippen LogP contribution >= 0.6 is 0 Å². The first-order valence-corrected chi connectivity index (χ1v) is 12.9. The highest BCUT2D eigenvalue weighted by Gasteiger charge is 2.29. The molecule has 0 aliphatic carbocycles. The van der Waals surface area contributed by atoms with Gasteiger partial charge < -0.3 is 28.7 Å². The Morgan fingerprint density at radius 1 is 0.921 bits per heavy atom. The lowest BCUT2D eigenvalue weighted by molar-refractivity contribution is -0.157. The van der Waals surface area contributed by atoms with Crippen molar-refractivity contribution in [2.45, 2.75) is 84.7 Å². The van der Waals surface area contributed by atoms with Gasteiger partial charge in [-0.1, -0.05) is 0 Å². The first-order chi connectivity index (χ1) is 17.6. The third-order valence-corrected chi connectivity index (χ3v) is 5.81. The molecule has 0 saturated carbocycles. The summed E-state index contributed by atoms with van der Waals surface area (Å²) in [6, 6.07) is 5.68. The highest BCUT2D eigenvalue weighted by Crippen LogP contribution is 2.19. The molecule has 1 saturated heterocycles. The highest BCUT2D eigenvalue weighted by atomic mass is 16.6. The molecule has 0 bridgehead atoms. The van der Waals surface area contributed by atoms with Crippen LogP contribution in [0.5, 0.6) is 5.75 Å². The van der Waals surface area contributed by atoms with E-state index in [2.05, 4.69) is 0 Å². The molecule has 38 heavy (non-hydrogen) atoms. The predicted octanol–water partition coefficient (Wildman–Crippen LogP) is 3.85. The van der Waals surface area contributed by atoms with Crippen LogP contribution in [0.1, 0.15) is 71.7 Å². The molecule has 1 atom stereocenters. The van der Waals surface area contributed by atoms with Crippen molar-refractivity contribution in [3.63, 3.8) is 0 Å². The molecule has 0 spiro atoms. The van der Waals surface area contributed by atoms with Crippen LogP contribution in [0, 0.1) is 0 Å². The molecule has 1 heterocycles. The number of benzene rings is 1. The minimum absolute atomic E-state index is 0.148. The summed E-state index contributed by atoms with van der Waals surface area (Å²) in [4.78, 5) is 52.6. The number of esters is 1. The standard InChI is InChI=1S/C28H42N2O8/c1-19(25(33)20-9-11-21(12-10-20)36-18-24(32)37-27(2,3)4)29(8)23(31)17-35-22-13-15-30(16-14-22)26(34)38-28(5,6)7/h9-12,19,22H,13-18H2,1-8H3/t19-/m0/s1. The lowest BCUT2D eigenvalue weighted by Crippen LogP contribution is -2.45. The molecule has 1 aromatic carbocycles. The molecule has 0 N–H and O–H groups in total. The largest absolute Gasteiger partial charge is 0.482 e. The number of carbonyl (C=O) groups excluding carboxylic acids is 4. The number of amides is 2. The van der Waals surface area contributed by atoms with Crippen LogP contribution in [-0.2, 0) is 23.8 Å². The number of likely N-dealkylation sites (tertiary alicyclic amines) is 1. The van der Waals surface area contributed by atoms with Gasteiger partial charge >= 0.3 is 12.1 Å². The number of ketones is 1. The van der Waals surface area contributed by atoms with Crippen molar-refractivity contribution in [3.8, 4) is 5.75 Å². The molecule has 2 rings (SSSR count). The van der Waals surface area contributed by atoms with Crippen molar-refractivity contribution in [2.75, 3.05) is 33.4 Å².